The number of aryl methyl sites for hydroxylation is 1. The topological polar surface area (TPSA) is 24.5 Å². The fraction of sp³-hybridized carbons (Fsp3) is 0.625. The fourth-order valence-corrected chi connectivity index (χ4v) is 3.48. The van der Waals surface area contributed by atoms with Gasteiger partial charge in [-0.3, -0.25) is 4.90 Å². The van der Waals surface area contributed by atoms with Gasteiger partial charge in [0.1, 0.15) is 0 Å². The monoisotopic (exact) mass is 260 g/mol. The van der Waals surface area contributed by atoms with Gasteiger partial charge in [0.05, 0.1) is 18.8 Å². The number of likely N-dealkylation sites (N-methyl/N-ethyl adjacent to an activating group) is 1. The number of rotatable bonds is 3. The molecule has 0 saturated carbocycles. The van der Waals surface area contributed by atoms with E-state index in [-0.39, 0.29) is 6.10 Å². The van der Waals surface area contributed by atoms with Crippen LogP contribution in [0.15, 0.2) is 24.3 Å². The first-order chi connectivity index (χ1) is 9.28. The smallest absolute Gasteiger partial charge is 0.0897 e. The van der Waals surface area contributed by atoms with Crippen LogP contribution in [-0.4, -0.2) is 43.8 Å². The average molecular weight is 260 g/mol. The minimum atomic E-state index is 0.265. The van der Waals surface area contributed by atoms with Crippen molar-refractivity contribution in [1.29, 1.82) is 0 Å². The summed E-state index contributed by atoms with van der Waals surface area (Å²) < 4.78 is 6.14. The molecule has 3 heteroatoms. The summed E-state index contributed by atoms with van der Waals surface area (Å²) in [6.45, 7) is 5.35. The van der Waals surface area contributed by atoms with Crippen LogP contribution >= 0.6 is 0 Å². The van der Waals surface area contributed by atoms with E-state index >= 15 is 0 Å². The fourth-order valence-electron chi connectivity index (χ4n) is 3.48. The van der Waals surface area contributed by atoms with Gasteiger partial charge in [0.2, 0.25) is 0 Å². The van der Waals surface area contributed by atoms with Gasteiger partial charge in [-0.1, -0.05) is 29.8 Å². The summed E-state index contributed by atoms with van der Waals surface area (Å²) >= 11 is 0. The number of fused-ring (bicyclic) bond motifs is 1. The molecule has 0 radical (unpaired) electrons. The van der Waals surface area contributed by atoms with Gasteiger partial charge in [0.15, 0.2) is 0 Å². The van der Waals surface area contributed by atoms with Gasteiger partial charge < -0.3 is 10.1 Å². The maximum absolute atomic E-state index is 6.14. The van der Waals surface area contributed by atoms with Gasteiger partial charge in [-0.2, -0.15) is 0 Å². The molecule has 2 heterocycles. The highest BCUT2D eigenvalue weighted by Crippen LogP contribution is 2.28. The Bertz CT molecular complexity index is 435. The number of ether oxygens (including phenoxy) is 1. The molecular weight excluding hydrogens is 236 g/mol. The van der Waals surface area contributed by atoms with Crippen LogP contribution < -0.4 is 5.32 Å². The zero-order valence-electron chi connectivity index (χ0n) is 11.9. The van der Waals surface area contributed by atoms with Crippen molar-refractivity contribution in [1.82, 2.24) is 10.2 Å². The Kier molecular flexibility index (Phi) is 3.87. The summed E-state index contributed by atoms with van der Waals surface area (Å²) in [5.74, 6) is 0. The second kappa shape index (κ2) is 5.61. The molecule has 0 amide bonds. The molecule has 3 unspecified atom stereocenters. The van der Waals surface area contributed by atoms with E-state index in [1.54, 1.807) is 0 Å². The first kappa shape index (κ1) is 13.1. The lowest BCUT2D eigenvalue weighted by molar-refractivity contribution is -0.0642. The van der Waals surface area contributed by atoms with Crippen molar-refractivity contribution in [3.8, 4) is 0 Å². The average Bonchev–Trinajstić information content (AvgIpc) is 2.87. The number of nitrogens with one attached hydrogen (secondary N) is 1. The van der Waals surface area contributed by atoms with E-state index in [1.165, 1.54) is 30.5 Å². The highest BCUT2D eigenvalue weighted by molar-refractivity contribution is 5.26. The van der Waals surface area contributed by atoms with Crippen LogP contribution in [-0.2, 0) is 4.74 Å². The molecule has 1 aromatic rings. The molecule has 0 aliphatic carbocycles. The normalized spacial score (nSPS) is 29.2. The lowest BCUT2D eigenvalue weighted by Gasteiger charge is -2.39. The summed E-state index contributed by atoms with van der Waals surface area (Å²) in [6.07, 6.45) is 2.90. The predicted molar refractivity (Wildman–Crippen MR) is 77.3 cm³/mol. The van der Waals surface area contributed by atoms with Crippen molar-refractivity contribution in [2.24, 2.45) is 0 Å². The highest BCUT2D eigenvalue weighted by Gasteiger charge is 2.35. The Labute approximate surface area is 115 Å². The lowest BCUT2D eigenvalue weighted by atomic mass is 9.98. The Morgan fingerprint density at radius 1 is 1.42 bits per heavy atom. The van der Waals surface area contributed by atoms with E-state index in [4.69, 9.17) is 4.74 Å². The maximum Gasteiger partial charge on any atom is 0.0897 e. The standard InChI is InChI=1S/C16H24N2O/c1-12-5-3-6-13(9-12)16(17-2)15-10-18-8-4-7-14(18)11-19-15/h3,5-6,9,14-17H,4,7-8,10-11H2,1-2H3. The maximum atomic E-state index is 6.14. The minimum absolute atomic E-state index is 0.265. The molecule has 104 valence electrons. The van der Waals surface area contributed by atoms with Crippen LogP contribution in [0, 0.1) is 6.92 Å². The molecule has 2 fully saturated rings. The van der Waals surface area contributed by atoms with Crippen LogP contribution in [0.4, 0.5) is 0 Å². The van der Waals surface area contributed by atoms with Gasteiger partial charge in [-0.15, -0.1) is 0 Å². The number of hydrogen-bond donors (Lipinski definition) is 1. The van der Waals surface area contributed by atoms with Crippen molar-refractivity contribution in [2.45, 2.75) is 38.0 Å². The molecule has 3 nitrogen and oxygen atoms in total. The van der Waals surface area contributed by atoms with E-state index in [9.17, 15) is 0 Å². The van der Waals surface area contributed by atoms with E-state index in [1.807, 2.05) is 7.05 Å². The Balaban J connectivity index is 1.75. The van der Waals surface area contributed by atoms with Crippen LogP contribution in [0.25, 0.3) is 0 Å². The lowest BCUT2D eigenvalue weighted by Crippen LogP contribution is -2.50. The van der Waals surface area contributed by atoms with Crippen molar-refractivity contribution < 1.29 is 4.74 Å². The number of morpholine rings is 1. The summed E-state index contributed by atoms with van der Waals surface area (Å²) in [6, 6.07) is 9.71. The molecule has 19 heavy (non-hydrogen) atoms. The third-order valence-electron chi connectivity index (χ3n) is 4.50. The van der Waals surface area contributed by atoms with Crippen LogP contribution in [0.5, 0.6) is 0 Å². The molecule has 0 spiro atoms. The highest BCUT2D eigenvalue weighted by atomic mass is 16.5. The van der Waals surface area contributed by atoms with Gasteiger partial charge in [0, 0.05) is 12.6 Å². The third-order valence-corrected chi connectivity index (χ3v) is 4.50. The molecule has 2 aliphatic heterocycles. The molecule has 0 aromatic heterocycles. The second-order valence-corrected chi connectivity index (χ2v) is 5.84. The minimum Gasteiger partial charge on any atom is -0.373 e. The van der Waals surface area contributed by atoms with E-state index in [0.717, 1.165) is 13.2 Å². The Morgan fingerprint density at radius 2 is 2.32 bits per heavy atom. The van der Waals surface area contributed by atoms with Crippen LogP contribution in [0.3, 0.4) is 0 Å². The first-order valence-corrected chi connectivity index (χ1v) is 7.37. The van der Waals surface area contributed by atoms with Crippen LogP contribution in [0.1, 0.15) is 30.0 Å². The van der Waals surface area contributed by atoms with Crippen molar-refractivity contribution in [2.75, 3.05) is 26.7 Å². The molecular formula is C16H24N2O. The van der Waals surface area contributed by atoms with E-state index in [0.29, 0.717) is 12.1 Å². The van der Waals surface area contributed by atoms with E-state index < -0.39 is 0 Å². The third kappa shape index (κ3) is 2.69. The molecule has 1 aromatic carbocycles. The number of benzene rings is 1. The summed E-state index contributed by atoms with van der Waals surface area (Å²) in [5, 5.41) is 3.44. The predicted octanol–water partition coefficient (Wildman–Crippen LogP) is 2.12. The van der Waals surface area contributed by atoms with Gasteiger partial charge in [-0.05, 0) is 38.9 Å². The molecule has 3 atom stereocenters. The molecule has 3 rings (SSSR count). The van der Waals surface area contributed by atoms with Crippen LogP contribution in [0.2, 0.25) is 0 Å². The van der Waals surface area contributed by atoms with Crippen molar-refractivity contribution in [3.05, 3.63) is 35.4 Å². The zero-order chi connectivity index (χ0) is 13.2. The molecule has 2 saturated heterocycles. The largest absolute Gasteiger partial charge is 0.373 e. The number of nitrogens with zero attached hydrogens (tertiary/aromatic N) is 1. The molecule has 0 bridgehead atoms. The van der Waals surface area contributed by atoms with Gasteiger partial charge >= 0.3 is 0 Å². The van der Waals surface area contributed by atoms with Crippen molar-refractivity contribution in [3.63, 3.8) is 0 Å². The first-order valence-electron chi connectivity index (χ1n) is 7.37. The zero-order valence-corrected chi connectivity index (χ0v) is 11.9. The van der Waals surface area contributed by atoms with E-state index in [2.05, 4.69) is 41.4 Å². The molecule has 2 aliphatic rings. The van der Waals surface area contributed by atoms with Crippen molar-refractivity contribution >= 4 is 0 Å². The second-order valence-electron chi connectivity index (χ2n) is 5.84. The summed E-state index contributed by atoms with van der Waals surface area (Å²) in [7, 11) is 2.03. The summed E-state index contributed by atoms with van der Waals surface area (Å²) in [5.41, 5.74) is 2.65. The van der Waals surface area contributed by atoms with Gasteiger partial charge in [0.25, 0.3) is 0 Å². The van der Waals surface area contributed by atoms with Gasteiger partial charge in [-0.25, -0.2) is 0 Å². The quantitative estimate of drug-likeness (QED) is 0.901. The Morgan fingerprint density at radius 3 is 3.11 bits per heavy atom. The SMILES string of the molecule is CNC(c1cccc(C)c1)C1CN2CCCC2CO1. The number of hydrogen-bond acceptors (Lipinski definition) is 3. The Hall–Kier alpha value is -0.900. The molecule has 1 N–H and O–H groups in total. The summed E-state index contributed by atoms with van der Waals surface area (Å²) in [4.78, 5) is 2.61.